The zero-order valence-electron chi connectivity index (χ0n) is 20.5. The van der Waals surface area contributed by atoms with Crippen molar-refractivity contribution in [1.29, 1.82) is 0 Å². The largest absolute Gasteiger partial charge is 0.493 e. The third-order valence-corrected chi connectivity index (χ3v) is 6.25. The number of unbranched alkanes of at least 4 members (excludes halogenated alkanes) is 5. The predicted molar refractivity (Wildman–Crippen MR) is 133 cm³/mol. The standard InChI is InChI=1S/C28H43FN2O/c1-4-6-7-8-9-10-13-24-21-30-28(31-22-24)25-15-17-27(18-16-25)32-20-19-26(29)14-11-12-23(3)5-2/h15-18,21-23,26H,4-14,19-20H2,1-3H3. The summed E-state index contributed by atoms with van der Waals surface area (Å²) in [5.41, 5.74) is 2.17. The number of aryl methyl sites for hydroxylation is 1. The summed E-state index contributed by atoms with van der Waals surface area (Å²) in [5.74, 6) is 2.19. The van der Waals surface area contributed by atoms with Crippen LogP contribution in [0.2, 0.25) is 0 Å². The lowest BCUT2D eigenvalue weighted by Gasteiger charge is -2.12. The van der Waals surface area contributed by atoms with E-state index in [9.17, 15) is 4.39 Å². The molecule has 2 unspecified atom stereocenters. The topological polar surface area (TPSA) is 35.0 Å². The molecule has 0 bridgehead atoms. The number of benzene rings is 1. The van der Waals surface area contributed by atoms with Crippen molar-refractivity contribution in [3.05, 3.63) is 42.2 Å². The number of halogens is 1. The minimum absolute atomic E-state index is 0.410. The van der Waals surface area contributed by atoms with Crippen LogP contribution in [0.15, 0.2) is 36.7 Å². The fourth-order valence-electron chi connectivity index (χ4n) is 3.78. The Labute approximate surface area is 195 Å². The van der Waals surface area contributed by atoms with E-state index < -0.39 is 6.17 Å². The summed E-state index contributed by atoms with van der Waals surface area (Å²) in [6.07, 6.45) is 16.3. The minimum atomic E-state index is -0.776. The number of aromatic nitrogens is 2. The predicted octanol–water partition coefficient (Wildman–Crippen LogP) is 8.37. The molecule has 0 radical (unpaired) electrons. The van der Waals surface area contributed by atoms with E-state index in [2.05, 4.69) is 30.7 Å². The van der Waals surface area contributed by atoms with Crippen molar-refractivity contribution < 1.29 is 9.13 Å². The quantitative estimate of drug-likeness (QED) is 0.231. The molecule has 178 valence electrons. The molecule has 1 aromatic heterocycles. The Morgan fingerprint density at radius 2 is 1.53 bits per heavy atom. The van der Waals surface area contributed by atoms with Gasteiger partial charge in [0.1, 0.15) is 11.9 Å². The summed E-state index contributed by atoms with van der Waals surface area (Å²) in [5, 5.41) is 0. The maximum Gasteiger partial charge on any atom is 0.159 e. The number of alkyl halides is 1. The average molecular weight is 443 g/mol. The number of hydrogen-bond acceptors (Lipinski definition) is 3. The molecule has 0 fully saturated rings. The Bertz CT molecular complexity index is 717. The minimum Gasteiger partial charge on any atom is -0.493 e. The Morgan fingerprint density at radius 1 is 0.844 bits per heavy atom. The highest BCUT2D eigenvalue weighted by atomic mass is 19.1. The third kappa shape index (κ3) is 10.6. The Morgan fingerprint density at radius 3 is 2.22 bits per heavy atom. The van der Waals surface area contributed by atoms with Crippen molar-refractivity contribution in [1.82, 2.24) is 9.97 Å². The molecule has 0 aliphatic rings. The highest BCUT2D eigenvalue weighted by molar-refractivity contribution is 5.55. The van der Waals surface area contributed by atoms with Crippen LogP contribution < -0.4 is 4.74 Å². The van der Waals surface area contributed by atoms with Gasteiger partial charge in [0.25, 0.3) is 0 Å². The van der Waals surface area contributed by atoms with Crippen molar-refractivity contribution in [3.8, 4) is 17.1 Å². The molecule has 1 aromatic carbocycles. The molecule has 3 nitrogen and oxygen atoms in total. The SMILES string of the molecule is CCCCCCCCc1cnc(-c2ccc(OCCC(F)CCCC(C)CC)cc2)nc1. The summed E-state index contributed by atoms with van der Waals surface area (Å²) in [6.45, 7) is 7.08. The molecule has 1 heterocycles. The molecule has 4 heteroatoms. The van der Waals surface area contributed by atoms with Crippen molar-refractivity contribution >= 4 is 0 Å². The van der Waals surface area contributed by atoms with Gasteiger partial charge >= 0.3 is 0 Å². The second-order valence-electron chi connectivity index (χ2n) is 9.14. The van der Waals surface area contributed by atoms with Crippen molar-refractivity contribution in [3.63, 3.8) is 0 Å². The maximum atomic E-state index is 14.0. The van der Waals surface area contributed by atoms with Crippen LogP contribution >= 0.6 is 0 Å². The number of rotatable bonds is 17. The molecule has 32 heavy (non-hydrogen) atoms. The van der Waals surface area contributed by atoms with E-state index >= 15 is 0 Å². The lowest BCUT2D eigenvalue weighted by molar-refractivity contribution is 0.220. The number of hydrogen-bond donors (Lipinski definition) is 0. The molecule has 0 aliphatic heterocycles. The van der Waals surface area contributed by atoms with E-state index in [1.165, 1.54) is 50.5 Å². The smallest absolute Gasteiger partial charge is 0.159 e. The number of ether oxygens (including phenoxy) is 1. The van der Waals surface area contributed by atoms with Crippen LogP contribution in [0.3, 0.4) is 0 Å². The van der Waals surface area contributed by atoms with Crippen molar-refractivity contribution in [2.75, 3.05) is 6.61 Å². The Balaban J connectivity index is 1.68. The first-order valence-electron chi connectivity index (χ1n) is 12.8. The molecular weight excluding hydrogens is 399 g/mol. The molecular formula is C28H43FN2O. The highest BCUT2D eigenvalue weighted by Gasteiger charge is 2.09. The molecule has 0 aliphatic carbocycles. The van der Waals surface area contributed by atoms with Gasteiger partial charge in [-0.15, -0.1) is 0 Å². The van der Waals surface area contributed by atoms with Crippen LogP contribution in [0.1, 0.15) is 97.0 Å². The van der Waals surface area contributed by atoms with Crippen LogP contribution in [0, 0.1) is 5.92 Å². The van der Waals surface area contributed by atoms with Gasteiger partial charge in [0.2, 0.25) is 0 Å². The fourth-order valence-corrected chi connectivity index (χ4v) is 3.78. The van der Waals surface area contributed by atoms with Crippen LogP contribution in [0.4, 0.5) is 4.39 Å². The molecule has 2 atom stereocenters. The van der Waals surface area contributed by atoms with Gasteiger partial charge in [0.15, 0.2) is 5.82 Å². The van der Waals surface area contributed by atoms with E-state index in [1.54, 1.807) is 0 Å². The normalized spacial score (nSPS) is 13.1. The van der Waals surface area contributed by atoms with Gasteiger partial charge in [0.05, 0.1) is 6.61 Å². The Kier molecular flexibility index (Phi) is 13.0. The lowest BCUT2D eigenvalue weighted by atomic mass is 10.00. The van der Waals surface area contributed by atoms with E-state index in [0.717, 1.165) is 36.4 Å². The Hall–Kier alpha value is -1.97. The van der Waals surface area contributed by atoms with Gasteiger partial charge in [-0.25, -0.2) is 14.4 Å². The van der Waals surface area contributed by atoms with Crippen LogP contribution in [-0.4, -0.2) is 22.7 Å². The van der Waals surface area contributed by atoms with Gasteiger partial charge in [-0.3, -0.25) is 0 Å². The number of nitrogens with zero attached hydrogens (tertiary/aromatic N) is 2. The monoisotopic (exact) mass is 442 g/mol. The summed E-state index contributed by atoms with van der Waals surface area (Å²) in [6, 6.07) is 7.77. The second-order valence-corrected chi connectivity index (χ2v) is 9.14. The molecule has 2 rings (SSSR count). The van der Waals surface area contributed by atoms with E-state index in [0.29, 0.717) is 25.4 Å². The highest BCUT2D eigenvalue weighted by Crippen LogP contribution is 2.21. The summed E-state index contributed by atoms with van der Waals surface area (Å²) in [4.78, 5) is 9.08. The fraction of sp³-hybridized carbons (Fsp3) is 0.643. The maximum absolute atomic E-state index is 14.0. The molecule has 0 N–H and O–H groups in total. The van der Waals surface area contributed by atoms with Gasteiger partial charge in [-0.1, -0.05) is 72.1 Å². The van der Waals surface area contributed by atoms with E-state index in [4.69, 9.17) is 4.74 Å². The van der Waals surface area contributed by atoms with Gasteiger partial charge in [0, 0.05) is 24.4 Å². The zero-order chi connectivity index (χ0) is 23.0. The van der Waals surface area contributed by atoms with Gasteiger partial charge < -0.3 is 4.74 Å². The van der Waals surface area contributed by atoms with Crippen LogP contribution in [0.5, 0.6) is 5.75 Å². The summed E-state index contributed by atoms with van der Waals surface area (Å²) >= 11 is 0. The molecule has 0 amide bonds. The first-order chi connectivity index (χ1) is 15.6. The van der Waals surface area contributed by atoms with Gasteiger partial charge in [-0.05, 0) is 55.0 Å². The first-order valence-corrected chi connectivity index (χ1v) is 12.8. The summed E-state index contributed by atoms with van der Waals surface area (Å²) < 4.78 is 19.8. The van der Waals surface area contributed by atoms with Crippen molar-refractivity contribution in [2.45, 2.75) is 104 Å². The molecule has 2 aromatic rings. The van der Waals surface area contributed by atoms with E-state index in [1.807, 2.05) is 36.7 Å². The van der Waals surface area contributed by atoms with Crippen molar-refractivity contribution in [2.24, 2.45) is 5.92 Å². The first kappa shape index (κ1) is 26.3. The van der Waals surface area contributed by atoms with Crippen LogP contribution in [-0.2, 0) is 6.42 Å². The zero-order valence-corrected chi connectivity index (χ0v) is 20.5. The molecule has 0 spiro atoms. The third-order valence-electron chi connectivity index (χ3n) is 6.25. The second kappa shape index (κ2) is 15.8. The average Bonchev–Trinajstić information content (AvgIpc) is 2.82. The summed E-state index contributed by atoms with van der Waals surface area (Å²) in [7, 11) is 0. The van der Waals surface area contributed by atoms with Crippen LogP contribution in [0.25, 0.3) is 11.4 Å². The van der Waals surface area contributed by atoms with E-state index in [-0.39, 0.29) is 0 Å². The lowest BCUT2D eigenvalue weighted by Crippen LogP contribution is -2.08. The van der Waals surface area contributed by atoms with Gasteiger partial charge in [-0.2, -0.15) is 0 Å². The molecule has 0 saturated heterocycles. The molecule has 0 saturated carbocycles.